The molecule has 1 aromatic carbocycles. The number of aromatic amines is 1. The smallest absolute Gasteiger partial charge is 0.150 e. The molecule has 2 heterocycles. The molecular formula is C22H34N4O. The average molecular weight is 371 g/mol. The van der Waals surface area contributed by atoms with E-state index in [2.05, 4.69) is 42.3 Å². The Morgan fingerprint density at radius 1 is 1.22 bits per heavy atom. The molecule has 2 aromatic heterocycles. The molecule has 0 radical (unpaired) electrons. The van der Waals surface area contributed by atoms with E-state index in [1.807, 2.05) is 45.0 Å². The Balaban J connectivity index is 0.000000346. The van der Waals surface area contributed by atoms with Gasteiger partial charge in [-0.05, 0) is 32.3 Å². The van der Waals surface area contributed by atoms with Crippen LogP contribution in [0, 0.1) is 5.92 Å². The zero-order valence-corrected chi connectivity index (χ0v) is 17.6. The van der Waals surface area contributed by atoms with E-state index < -0.39 is 0 Å². The molecule has 0 aliphatic rings. The third kappa shape index (κ3) is 6.68. The molecule has 0 spiro atoms. The lowest BCUT2D eigenvalue weighted by Crippen LogP contribution is -1.94. The molecule has 0 fully saturated rings. The fraction of sp³-hybridized carbons (Fsp3) is 0.455. The van der Waals surface area contributed by atoms with Crippen LogP contribution in [-0.4, -0.2) is 21.6 Å². The van der Waals surface area contributed by atoms with Crippen molar-refractivity contribution in [3.05, 3.63) is 42.2 Å². The van der Waals surface area contributed by atoms with Crippen LogP contribution in [0.1, 0.15) is 53.8 Å². The van der Waals surface area contributed by atoms with E-state index in [0.29, 0.717) is 19.0 Å². The number of nitrogens with zero attached hydrogens (tertiary/aromatic N) is 2. The summed E-state index contributed by atoms with van der Waals surface area (Å²) < 4.78 is 5.35. The van der Waals surface area contributed by atoms with E-state index >= 15 is 0 Å². The fourth-order valence-corrected chi connectivity index (χ4v) is 2.72. The van der Waals surface area contributed by atoms with E-state index in [4.69, 9.17) is 10.5 Å². The van der Waals surface area contributed by atoms with Crippen molar-refractivity contribution >= 4 is 27.8 Å². The van der Waals surface area contributed by atoms with Crippen molar-refractivity contribution in [2.45, 2.75) is 54.6 Å². The van der Waals surface area contributed by atoms with Crippen LogP contribution in [-0.2, 0) is 11.3 Å². The van der Waals surface area contributed by atoms with Crippen LogP contribution in [0.5, 0.6) is 0 Å². The highest BCUT2D eigenvalue weighted by molar-refractivity contribution is 6.05. The van der Waals surface area contributed by atoms with Gasteiger partial charge in [0, 0.05) is 12.0 Å². The van der Waals surface area contributed by atoms with Crippen molar-refractivity contribution in [2.24, 2.45) is 5.92 Å². The Kier molecular flexibility index (Phi) is 9.51. The van der Waals surface area contributed by atoms with Gasteiger partial charge in [-0.3, -0.25) is 0 Å². The van der Waals surface area contributed by atoms with Gasteiger partial charge in [0.2, 0.25) is 0 Å². The minimum atomic E-state index is 0.457. The van der Waals surface area contributed by atoms with Crippen LogP contribution in [0.3, 0.4) is 0 Å². The number of allylic oxidation sites excluding steroid dienone is 1. The molecule has 0 saturated carbocycles. The SMILES string of the molecule is C=C(C)CC(C)C.CC.CCOCc1nc2c([nH]1)c(N)nc1ccccc12. The summed E-state index contributed by atoms with van der Waals surface area (Å²) in [6.45, 7) is 17.3. The monoisotopic (exact) mass is 370 g/mol. The molecule has 5 heteroatoms. The number of aromatic nitrogens is 3. The van der Waals surface area contributed by atoms with Gasteiger partial charge in [-0.1, -0.05) is 51.5 Å². The molecule has 0 saturated heterocycles. The number of hydrogen-bond acceptors (Lipinski definition) is 4. The average Bonchev–Trinajstić information content (AvgIpc) is 3.06. The number of nitrogens with one attached hydrogen (secondary N) is 1. The standard InChI is InChI=1S/C13H14N4O.C7H14.C2H6/c1-2-18-7-10-16-11-8-5-3-4-6-9(8)15-13(14)12(11)17-10;1-6(2)5-7(3)4;1-2/h3-6H,2,7H2,1H3,(H2,14,15)(H,16,17);7H,1,5H2,2-4H3;1-2H3. The van der Waals surface area contributed by atoms with Gasteiger partial charge in [0.1, 0.15) is 29.3 Å². The van der Waals surface area contributed by atoms with Gasteiger partial charge in [-0.2, -0.15) is 0 Å². The maximum atomic E-state index is 5.94. The number of rotatable bonds is 5. The number of imidazole rings is 1. The zero-order chi connectivity index (χ0) is 20.4. The van der Waals surface area contributed by atoms with E-state index in [1.54, 1.807) is 0 Å². The first-order valence-corrected chi connectivity index (χ1v) is 9.67. The molecule has 0 aliphatic heterocycles. The Bertz CT molecular complexity index is 852. The highest BCUT2D eigenvalue weighted by atomic mass is 16.5. The third-order valence-corrected chi connectivity index (χ3v) is 3.61. The third-order valence-electron chi connectivity index (χ3n) is 3.61. The van der Waals surface area contributed by atoms with Gasteiger partial charge >= 0.3 is 0 Å². The van der Waals surface area contributed by atoms with E-state index in [9.17, 15) is 0 Å². The summed E-state index contributed by atoms with van der Waals surface area (Å²) in [7, 11) is 0. The summed E-state index contributed by atoms with van der Waals surface area (Å²) in [6, 6.07) is 7.84. The molecular weight excluding hydrogens is 336 g/mol. The van der Waals surface area contributed by atoms with Gasteiger partial charge in [0.05, 0.1) is 5.52 Å². The Hall–Kier alpha value is -2.40. The van der Waals surface area contributed by atoms with Crippen LogP contribution in [0.4, 0.5) is 5.82 Å². The van der Waals surface area contributed by atoms with Crippen LogP contribution in [0.2, 0.25) is 0 Å². The molecule has 0 bridgehead atoms. The number of fused-ring (bicyclic) bond motifs is 3. The Labute approximate surface area is 163 Å². The van der Waals surface area contributed by atoms with Crippen molar-refractivity contribution in [2.75, 3.05) is 12.3 Å². The summed E-state index contributed by atoms with van der Waals surface area (Å²) in [4.78, 5) is 12.1. The largest absolute Gasteiger partial charge is 0.382 e. The number of H-pyrrole nitrogens is 1. The van der Waals surface area contributed by atoms with E-state index in [0.717, 1.165) is 33.7 Å². The number of benzene rings is 1. The van der Waals surface area contributed by atoms with Crippen LogP contribution >= 0.6 is 0 Å². The van der Waals surface area contributed by atoms with Crippen molar-refractivity contribution in [3.8, 4) is 0 Å². The first-order valence-electron chi connectivity index (χ1n) is 9.67. The molecule has 3 aromatic rings. The molecule has 3 N–H and O–H groups in total. The van der Waals surface area contributed by atoms with E-state index in [-0.39, 0.29) is 0 Å². The number of anilines is 1. The maximum Gasteiger partial charge on any atom is 0.150 e. The number of nitrogens with two attached hydrogens (primary N) is 1. The Morgan fingerprint density at radius 2 is 1.89 bits per heavy atom. The van der Waals surface area contributed by atoms with Crippen molar-refractivity contribution in [3.63, 3.8) is 0 Å². The summed E-state index contributed by atoms with van der Waals surface area (Å²) in [5, 5.41) is 1.00. The van der Waals surface area contributed by atoms with Crippen LogP contribution < -0.4 is 5.73 Å². The van der Waals surface area contributed by atoms with Crippen molar-refractivity contribution in [1.29, 1.82) is 0 Å². The molecule has 5 nitrogen and oxygen atoms in total. The maximum absolute atomic E-state index is 5.94. The Morgan fingerprint density at radius 3 is 2.44 bits per heavy atom. The molecule has 0 unspecified atom stereocenters. The molecule has 3 rings (SSSR count). The highest BCUT2D eigenvalue weighted by Gasteiger charge is 2.11. The first kappa shape index (κ1) is 22.6. The minimum absolute atomic E-state index is 0.457. The lowest BCUT2D eigenvalue weighted by atomic mass is 10.1. The summed E-state index contributed by atoms with van der Waals surface area (Å²) in [6.07, 6.45) is 1.17. The minimum Gasteiger partial charge on any atom is -0.382 e. The zero-order valence-electron chi connectivity index (χ0n) is 17.6. The predicted octanol–water partition coefficient (Wildman–Crippen LogP) is 5.86. The van der Waals surface area contributed by atoms with Gasteiger partial charge in [0.25, 0.3) is 0 Å². The summed E-state index contributed by atoms with van der Waals surface area (Å²) >= 11 is 0. The van der Waals surface area contributed by atoms with Crippen molar-refractivity contribution in [1.82, 2.24) is 15.0 Å². The number of ether oxygens (including phenoxy) is 1. The molecule has 27 heavy (non-hydrogen) atoms. The molecule has 148 valence electrons. The first-order chi connectivity index (χ1) is 12.9. The van der Waals surface area contributed by atoms with E-state index in [1.165, 1.54) is 12.0 Å². The van der Waals surface area contributed by atoms with Gasteiger partial charge in [0.15, 0.2) is 0 Å². The molecule has 0 aliphatic carbocycles. The second-order valence-corrected chi connectivity index (χ2v) is 6.61. The summed E-state index contributed by atoms with van der Waals surface area (Å²) in [5.74, 6) is 2.02. The number of para-hydroxylation sites is 1. The lowest BCUT2D eigenvalue weighted by molar-refractivity contribution is 0.129. The van der Waals surface area contributed by atoms with Crippen molar-refractivity contribution < 1.29 is 4.74 Å². The summed E-state index contributed by atoms with van der Waals surface area (Å²) in [5.41, 5.74) is 9.72. The number of nitrogen functional groups attached to an aromatic ring is 1. The lowest BCUT2D eigenvalue weighted by Gasteiger charge is -1.99. The number of hydrogen-bond donors (Lipinski definition) is 2. The van der Waals surface area contributed by atoms with Crippen LogP contribution in [0.15, 0.2) is 36.4 Å². The molecule has 0 atom stereocenters. The predicted molar refractivity (Wildman–Crippen MR) is 117 cm³/mol. The quantitative estimate of drug-likeness (QED) is 0.551. The normalized spacial score (nSPS) is 10.3. The fourth-order valence-electron chi connectivity index (χ4n) is 2.72. The number of pyridine rings is 1. The second kappa shape index (κ2) is 11.3. The van der Waals surface area contributed by atoms with Gasteiger partial charge < -0.3 is 15.5 Å². The topological polar surface area (TPSA) is 76.8 Å². The van der Waals surface area contributed by atoms with Gasteiger partial charge in [-0.15, -0.1) is 6.58 Å². The second-order valence-electron chi connectivity index (χ2n) is 6.61. The van der Waals surface area contributed by atoms with Crippen LogP contribution in [0.25, 0.3) is 21.9 Å². The van der Waals surface area contributed by atoms with Gasteiger partial charge in [-0.25, -0.2) is 9.97 Å². The highest BCUT2D eigenvalue weighted by Crippen LogP contribution is 2.25. The molecule has 0 amide bonds.